The third-order valence-electron chi connectivity index (χ3n) is 4.21. The fourth-order valence-corrected chi connectivity index (χ4v) is 3.31. The second kappa shape index (κ2) is 6.64. The van der Waals surface area contributed by atoms with E-state index in [9.17, 15) is 0 Å². The molecular weight excluding hydrogens is 292 g/mol. The normalized spacial score (nSPS) is 22.8. The van der Waals surface area contributed by atoms with E-state index in [-0.39, 0.29) is 17.4 Å². The van der Waals surface area contributed by atoms with Gasteiger partial charge in [0.1, 0.15) is 5.84 Å². The van der Waals surface area contributed by atoms with Crippen LogP contribution in [-0.4, -0.2) is 11.4 Å². The maximum atomic E-state index is 5.02. The van der Waals surface area contributed by atoms with E-state index in [0.29, 0.717) is 0 Å². The predicted molar refractivity (Wildman–Crippen MR) is 102 cm³/mol. The van der Waals surface area contributed by atoms with Gasteiger partial charge >= 0.3 is 0 Å². The summed E-state index contributed by atoms with van der Waals surface area (Å²) < 4.78 is 0. The Kier molecular flexibility index (Phi) is 4.57. The third kappa shape index (κ3) is 3.76. The van der Waals surface area contributed by atoms with Crippen LogP contribution in [0.2, 0.25) is 0 Å². The second-order valence-electron chi connectivity index (χ2n) is 7.47. The lowest BCUT2D eigenvalue weighted by Gasteiger charge is -2.34. The van der Waals surface area contributed by atoms with Gasteiger partial charge in [-0.05, 0) is 38.8 Å². The minimum absolute atomic E-state index is 0.117. The van der Waals surface area contributed by atoms with Gasteiger partial charge in [0.05, 0.1) is 11.5 Å². The molecule has 2 aromatic carbocycles. The van der Waals surface area contributed by atoms with Gasteiger partial charge in [-0.3, -0.25) is 4.99 Å². The maximum Gasteiger partial charge on any atom is 0.110 e. The Balaban J connectivity index is 2.15. The number of amidine groups is 1. The first-order chi connectivity index (χ1) is 11.4. The molecule has 2 aromatic rings. The average Bonchev–Trinajstić information content (AvgIpc) is 2.54. The van der Waals surface area contributed by atoms with Gasteiger partial charge in [0.25, 0.3) is 0 Å². The van der Waals surface area contributed by atoms with E-state index in [2.05, 4.69) is 99.8 Å². The largest absolute Gasteiger partial charge is 0.348 e. The quantitative estimate of drug-likeness (QED) is 0.802. The van der Waals surface area contributed by atoms with Crippen LogP contribution in [0.5, 0.6) is 0 Å². The van der Waals surface area contributed by atoms with Crippen LogP contribution >= 0.6 is 0 Å². The zero-order valence-electron chi connectivity index (χ0n) is 15.0. The van der Waals surface area contributed by atoms with Crippen LogP contribution in [0.4, 0.5) is 0 Å². The molecule has 0 amide bonds. The first kappa shape index (κ1) is 16.5. The second-order valence-corrected chi connectivity index (χ2v) is 7.47. The molecule has 0 saturated carbocycles. The average molecular weight is 318 g/mol. The van der Waals surface area contributed by atoms with Crippen LogP contribution in [-0.2, 0) is 0 Å². The summed E-state index contributed by atoms with van der Waals surface area (Å²) in [7, 11) is 0. The molecule has 1 aliphatic rings. The van der Waals surface area contributed by atoms with E-state index in [1.165, 1.54) is 16.8 Å². The van der Waals surface area contributed by atoms with Crippen molar-refractivity contribution in [2.24, 2.45) is 4.99 Å². The molecule has 0 bridgehead atoms. The van der Waals surface area contributed by atoms with Crippen LogP contribution in [0.25, 0.3) is 0 Å². The number of rotatable bonds is 2. The minimum Gasteiger partial charge on any atom is -0.348 e. The highest BCUT2D eigenvalue weighted by atomic mass is 15.0. The first-order valence-electron chi connectivity index (χ1n) is 8.59. The highest BCUT2D eigenvalue weighted by Crippen LogP contribution is 2.38. The smallest absolute Gasteiger partial charge is 0.110 e. The predicted octanol–water partition coefficient (Wildman–Crippen LogP) is 5.26. The molecular formula is C22H26N2. The Morgan fingerprint density at radius 3 is 1.92 bits per heavy atom. The lowest BCUT2D eigenvalue weighted by molar-refractivity contribution is 0.568. The van der Waals surface area contributed by atoms with Crippen molar-refractivity contribution in [3.8, 4) is 0 Å². The molecule has 2 atom stereocenters. The maximum absolute atomic E-state index is 5.02. The van der Waals surface area contributed by atoms with Gasteiger partial charge in [-0.1, -0.05) is 66.7 Å². The molecule has 2 unspecified atom stereocenters. The Labute approximate surface area is 145 Å². The summed E-state index contributed by atoms with van der Waals surface area (Å²) in [6.45, 7) is 8.56. The Hall–Kier alpha value is -2.35. The van der Waals surface area contributed by atoms with Crippen molar-refractivity contribution < 1.29 is 0 Å². The van der Waals surface area contributed by atoms with Crippen LogP contribution in [0.3, 0.4) is 0 Å². The molecule has 3 rings (SSSR count). The van der Waals surface area contributed by atoms with Gasteiger partial charge in [-0.25, -0.2) is 0 Å². The summed E-state index contributed by atoms with van der Waals surface area (Å²) in [6, 6.07) is 21.4. The highest BCUT2D eigenvalue weighted by molar-refractivity contribution is 5.93. The van der Waals surface area contributed by atoms with Crippen molar-refractivity contribution >= 4 is 5.84 Å². The topological polar surface area (TPSA) is 24.4 Å². The first-order valence-corrected chi connectivity index (χ1v) is 8.59. The SMILES string of the molecule is CC1=CC(c2ccccc2)C(c2ccccc2)C(=NC(C)(C)C)N1. The number of hydrogen-bond donors (Lipinski definition) is 1. The van der Waals surface area contributed by atoms with Crippen LogP contribution < -0.4 is 5.32 Å². The molecule has 0 aromatic heterocycles. The van der Waals surface area contributed by atoms with Gasteiger partial charge in [-0.15, -0.1) is 0 Å². The minimum atomic E-state index is -0.117. The number of nitrogens with zero attached hydrogens (tertiary/aromatic N) is 1. The lowest BCUT2D eigenvalue weighted by Crippen LogP contribution is -2.37. The number of aliphatic imine (C=N–C) groups is 1. The Bertz CT molecular complexity index is 737. The molecule has 0 fully saturated rings. The molecule has 1 N–H and O–H groups in total. The summed E-state index contributed by atoms with van der Waals surface area (Å²) in [5.41, 5.74) is 3.67. The third-order valence-corrected chi connectivity index (χ3v) is 4.21. The van der Waals surface area contributed by atoms with Crippen molar-refractivity contribution in [1.82, 2.24) is 5.32 Å². The van der Waals surface area contributed by atoms with E-state index in [1.54, 1.807) is 0 Å². The van der Waals surface area contributed by atoms with Gasteiger partial charge in [0.15, 0.2) is 0 Å². The monoisotopic (exact) mass is 318 g/mol. The van der Waals surface area contributed by atoms with Crippen LogP contribution in [0.1, 0.15) is 50.7 Å². The molecule has 1 aliphatic heterocycles. The number of hydrogen-bond acceptors (Lipinski definition) is 1. The standard InChI is InChI=1S/C22H26N2/c1-16-15-19(17-11-7-5-8-12-17)20(18-13-9-6-10-14-18)21(23-16)24-22(2,3)4/h5-15,19-20H,1-4H3,(H,23,24). The number of nitrogens with one attached hydrogen (secondary N) is 1. The molecule has 0 saturated heterocycles. The summed E-state index contributed by atoms with van der Waals surface area (Å²) in [4.78, 5) is 5.02. The Morgan fingerprint density at radius 2 is 1.38 bits per heavy atom. The Morgan fingerprint density at radius 1 is 0.833 bits per heavy atom. The fourth-order valence-electron chi connectivity index (χ4n) is 3.31. The van der Waals surface area contributed by atoms with Crippen molar-refractivity contribution in [2.75, 3.05) is 0 Å². The van der Waals surface area contributed by atoms with Crippen molar-refractivity contribution in [1.29, 1.82) is 0 Å². The summed E-state index contributed by atoms with van der Waals surface area (Å²) in [5, 5.41) is 3.53. The molecule has 2 heteroatoms. The molecule has 124 valence electrons. The number of benzene rings is 2. The van der Waals surface area contributed by atoms with E-state index < -0.39 is 0 Å². The number of allylic oxidation sites excluding steroid dienone is 2. The highest BCUT2D eigenvalue weighted by Gasteiger charge is 2.32. The van der Waals surface area contributed by atoms with Crippen molar-refractivity contribution in [2.45, 2.75) is 45.1 Å². The van der Waals surface area contributed by atoms with Crippen molar-refractivity contribution in [3.63, 3.8) is 0 Å². The fraction of sp³-hybridized carbons (Fsp3) is 0.318. The molecule has 0 radical (unpaired) electrons. The molecule has 0 aliphatic carbocycles. The van der Waals surface area contributed by atoms with Gasteiger partial charge < -0.3 is 5.32 Å². The molecule has 1 heterocycles. The summed E-state index contributed by atoms with van der Waals surface area (Å²) >= 11 is 0. The molecule has 24 heavy (non-hydrogen) atoms. The zero-order valence-corrected chi connectivity index (χ0v) is 15.0. The van der Waals surface area contributed by atoms with Crippen LogP contribution in [0, 0.1) is 0 Å². The zero-order chi connectivity index (χ0) is 17.2. The van der Waals surface area contributed by atoms with E-state index >= 15 is 0 Å². The molecule has 2 nitrogen and oxygen atoms in total. The van der Waals surface area contributed by atoms with E-state index in [0.717, 1.165) is 5.84 Å². The summed E-state index contributed by atoms with van der Waals surface area (Å²) in [5.74, 6) is 1.55. The van der Waals surface area contributed by atoms with E-state index in [1.807, 2.05) is 0 Å². The van der Waals surface area contributed by atoms with Crippen molar-refractivity contribution in [3.05, 3.63) is 83.6 Å². The van der Waals surface area contributed by atoms with Gasteiger partial charge in [0.2, 0.25) is 0 Å². The summed E-state index contributed by atoms with van der Waals surface area (Å²) in [6.07, 6.45) is 2.33. The van der Waals surface area contributed by atoms with E-state index in [4.69, 9.17) is 4.99 Å². The van der Waals surface area contributed by atoms with Gasteiger partial charge in [0, 0.05) is 11.6 Å². The lowest BCUT2D eigenvalue weighted by atomic mass is 9.78. The van der Waals surface area contributed by atoms with Crippen LogP contribution in [0.15, 0.2) is 77.4 Å². The molecule has 0 spiro atoms. The van der Waals surface area contributed by atoms with Gasteiger partial charge in [-0.2, -0.15) is 0 Å².